The number of carbonyl (C=O) groups is 2. The highest BCUT2D eigenvalue weighted by molar-refractivity contribution is 8.18. The maximum atomic E-state index is 12.8. The zero-order valence-electron chi connectivity index (χ0n) is 13.6. The van der Waals surface area contributed by atoms with Crippen LogP contribution >= 0.6 is 23.4 Å². The molecule has 0 spiro atoms. The van der Waals surface area contributed by atoms with E-state index in [0.29, 0.717) is 10.6 Å². The summed E-state index contributed by atoms with van der Waals surface area (Å²) in [5.41, 5.74) is -0.0743. The van der Waals surface area contributed by atoms with E-state index in [1.54, 1.807) is 24.3 Å². The van der Waals surface area contributed by atoms with Crippen molar-refractivity contribution >= 4 is 46.3 Å². The zero-order chi connectivity index (χ0) is 19.6. The van der Waals surface area contributed by atoms with Gasteiger partial charge in [0.25, 0.3) is 11.1 Å². The fraction of sp³-hybridized carbons (Fsp3) is 0.111. The molecule has 1 aliphatic heterocycles. The van der Waals surface area contributed by atoms with E-state index in [9.17, 15) is 22.8 Å². The molecule has 0 bridgehead atoms. The van der Waals surface area contributed by atoms with E-state index < -0.39 is 22.9 Å². The molecule has 0 radical (unpaired) electrons. The Balaban J connectivity index is 1.73. The number of benzene rings is 2. The first-order valence-electron chi connectivity index (χ1n) is 7.67. The van der Waals surface area contributed by atoms with Crippen LogP contribution in [-0.2, 0) is 11.0 Å². The summed E-state index contributed by atoms with van der Waals surface area (Å²) in [7, 11) is 0. The molecule has 27 heavy (non-hydrogen) atoms. The van der Waals surface area contributed by atoms with Crippen molar-refractivity contribution in [1.82, 2.24) is 4.90 Å². The Kier molecular flexibility index (Phi) is 5.48. The Labute approximate surface area is 162 Å². The zero-order valence-corrected chi connectivity index (χ0v) is 15.2. The van der Waals surface area contributed by atoms with Crippen LogP contribution < -0.4 is 5.32 Å². The van der Waals surface area contributed by atoms with Crippen LogP contribution in [0.5, 0.6) is 0 Å². The maximum Gasteiger partial charge on any atom is 0.416 e. The SMILES string of the molecule is O=C1S/C(=C\c2ccccc2Cl)C(=O)N1CNc1cccc(C(F)(F)F)c1. The van der Waals surface area contributed by atoms with Crippen LogP contribution in [0.2, 0.25) is 5.02 Å². The maximum absolute atomic E-state index is 12.8. The number of amides is 2. The summed E-state index contributed by atoms with van der Waals surface area (Å²) in [6.45, 7) is -0.244. The highest BCUT2D eigenvalue weighted by Crippen LogP contribution is 2.34. The first kappa shape index (κ1) is 19.3. The third-order valence-electron chi connectivity index (χ3n) is 3.70. The average Bonchev–Trinajstić information content (AvgIpc) is 2.88. The van der Waals surface area contributed by atoms with Gasteiger partial charge < -0.3 is 5.32 Å². The van der Waals surface area contributed by atoms with Gasteiger partial charge in [-0.1, -0.05) is 35.9 Å². The van der Waals surface area contributed by atoms with Gasteiger partial charge >= 0.3 is 6.18 Å². The van der Waals surface area contributed by atoms with Crippen molar-refractivity contribution in [3.05, 3.63) is 69.6 Å². The second-order valence-corrected chi connectivity index (χ2v) is 6.95. The average molecular weight is 413 g/mol. The molecule has 0 saturated carbocycles. The topological polar surface area (TPSA) is 49.4 Å². The number of hydrogen-bond acceptors (Lipinski definition) is 4. The molecular formula is C18H12ClF3N2O2S. The Morgan fingerprint density at radius 3 is 2.56 bits per heavy atom. The second kappa shape index (κ2) is 7.66. The van der Waals surface area contributed by atoms with Crippen molar-refractivity contribution in [1.29, 1.82) is 0 Å². The standard InChI is InChI=1S/C18H12ClF3N2O2S/c19-14-7-2-1-4-11(14)8-15-16(25)24(17(26)27-15)10-23-13-6-3-5-12(9-13)18(20,21)22/h1-9,23H,10H2/b15-8-. The Bertz CT molecular complexity index is 931. The summed E-state index contributed by atoms with van der Waals surface area (Å²) in [5.74, 6) is -0.538. The Morgan fingerprint density at radius 1 is 1.11 bits per heavy atom. The first-order chi connectivity index (χ1) is 12.8. The number of alkyl halides is 3. The summed E-state index contributed by atoms with van der Waals surface area (Å²) in [5, 5.41) is 2.59. The van der Waals surface area contributed by atoms with Gasteiger partial charge in [-0.3, -0.25) is 14.5 Å². The monoisotopic (exact) mass is 412 g/mol. The molecular weight excluding hydrogens is 401 g/mol. The van der Waals surface area contributed by atoms with Crippen molar-refractivity contribution in [2.24, 2.45) is 0 Å². The smallest absolute Gasteiger partial charge is 0.367 e. The predicted octanol–water partition coefficient (Wildman–Crippen LogP) is 5.46. The lowest BCUT2D eigenvalue weighted by Crippen LogP contribution is -2.33. The molecule has 0 aromatic heterocycles. The first-order valence-corrected chi connectivity index (χ1v) is 8.86. The van der Waals surface area contributed by atoms with Crippen molar-refractivity contribution in [3.63, 3.8) is 0 Å². The molecule has 2 amide bonds. The minimum absolute atomic E-state index is 0.152. The Morgan fingerprint density at radius 2 is 1.85 bits per heavy atom. The molecule has 1 fully saturated rings. The van der Waals surface area contributed by atoms with Crippen molar-refractivity contribution < 1.29 is 22.8 Å². The summed E-state index contributed by atoms with van der Waals surface area (Å²) in [6.07, 6.45) is -2.96. The number of imide groups is 1. The number of carbonyl (C=O) groups excluding carboxylic acids is 2. The van der Waals surface area contributed by atoms with Gasteiger partial charge in [0.05, 0.1) is 17.1 Å². The molecule has 1 N–H and O–H groups in total. The quantitative estimate of drug-likeness (QED) is 0.677. The number of rotatable bonds is 4. The van der Waals surface area contributed by atoms with E-state index in [0.717, 1.165) is 28.8 Å². The lowest BCUT2D eigenvalue weighted by Gasteiger charge is -2.15. The molecule has 1 heterocycles. The molecule has 1 saturated heterocycles. The molecule has 9 heteroatoms. The molecule has 2 aromatic carbocycles. The number of thioether (sulfide) groups is 1. The molecule has 140 valence electrons. The van der Waals surface area contributed by atoms with Gasteiger partial charge in [0.1, 0.15) is 0 Å². The van der Waals surface area contributed by atoms with Crippen LogP contribution in [0.1, 0.15) is 11.1 Å². The molecule has 0 atom stereocenters. The van der Waals surface area contributed by atoms with Crippen molar-refractivity contribution in [2.45, 2.75) is 6.18 Å². The third kappa shape index (κ3) is 4.45. The largest absolute Gasteiger partial charge is 0.416 e. The molecule has 3 rings (SSSR count). The summed E-state index contributed by atoms with van der Waals surface area (Å²) in [4.78, 5) is 25.6. The van der Waals surface area contributed by atoms with E-state index in [1.165, 1.54) is 18.2 Å². The van der Waals surface area contributed by atoms with Crippen molar-refractivity contribution in [3.8, 4) is 0 Å². The molecule has 2 aromatic rings. The van der Waals surface area contributed by atoms with E-state index in [1.807, 2.05) is 0 Å². The fourth-order valence-corrected chi connectivity index (χ4v) is 3.36. The fourth-order valence-electron chi connectivity index (χ4n) is 2.35. The van der Waals surface area contributed by atoms with Crippen molar-refractivity contribution in [2.75, 3.05) is 12.0 Å². The van der Waals surface area contributed by atoms with Gasteiger partial charge in [0.2, 0.25) is 0 Å². The van der Waals surface area contributed by atoms with Gasteiger partial charge in [-0.15, -0.1) is 0 Å². The van der Waals surface area contributed by atoms with Gasteiger partial charge in [-0.25, -0.2) is 0 Å². The van der Waals surface area contributed by atoms with Crippen LogP contribution in [0.3, 0.4) is 0 Å². The summed E-state index contributed by atoms with van der Waals surface area (Å²) in [6, 6.07) is 11.4. The van der Waals surface area contributed by atoms with E-state index >= 15 is 0 Å². The molecule has 4 nitrogen and oxygen atoms in total. The number of halogens is 4. The van der Waals surface area contributed by atoms with E-state index in [4.69, 9.17) is 11.6 Å². The minimum atomic E-state index is -4.47. The van der Waals surface area contributed by atoms with Crippen LogP contribution in [0, 0.1) is 0 Å². The van der Waals surface area contributed by atoms with E-state index in [-0.39, 0.29) is 17.3 Å². The van der Waals surface area contributed by atoms with Crippen LogP contribution in [0.25, 0.3) is 6.08 Å². The van der Waals surface area contributed by atoms with Crippen LogP contribution in [0.15, 0.2) is 53.4 Å². The minimum Gasteiger partial charge on any atom is -0.367 e. The normalized spacial score (nSPS) is 16.3. The number of anilines is 1. The van der Waals surface area contributed by atoms with Crippen LogP contribution in [-0.4, -0.2) is 22.7 Å². The molecule has 1 aliphatic rings. The lowest BCUT2D eigenvalue weighted by molar-refractivity contribution is -0.137. The van der Waals surface area contributed by atoms with Gasteiger partial charge in [-0.05, 0) is 47.7 Å². The van der Waals surface area contributed by atoms with Gasteiger partial charge in [0, 0.05) is 10.7 Å². The lowest BCUT2D eigenvalue weighted by atomic mass is 10.2. The van der Waals surface area contributed by atoms with Gasteiger partial charge in [-0.2, -0.15) is 13.2 Å². The third-order valence-corrected chi connectivity index (χ3v) is 4.95. The highest BCUT2D eigenvalue weighted by atomic mass is 35.5. The number of hydrogen-bond donors (Lipinski definition) is 1. The Hall–Kier alpha value is -2.45. The van der Waals surface area contributed by atoms with Crippen LogP contribution in [0.4, 0.5) is 23.7 Å². The number of nitrogens with one attached hydrogen (secondary N) is 1. The molecule has 0 aliphatic carbocycles. The highest BCUT2D eigenvalue weighted by Gasteiger charge is 2.35. The number of nitrogens with zero attached hydrogens (tertiary/aromatic N) is 1. The summed E-state index contributed by atoms with van der Waals surface area (Å²) >= 11 is 6.80. The second-order valence-electron chi connectivity index (χ2n) is 5.54. The van der Waals surface area contributed by atoms with Gasteiger partial charge in [0.15, 0.2) is 0 Å². The summed E-state index contributed by atoms with van der Waals surface area (Å²) < 4.78 is 38.3. The molecule has 0 unspecified atom stereocenters. The predicted molar refractivity (Wildman–Crippen MR) is 99.2 cm³/mol. The van der Waals surface area contributed by atoms with E-state index in [2.05, 4.69) is 5.32 Å².